The molecule has 7 heteroatoms. The Bertz CT molecular complexity index is 659. The van der Waals surface area contributed by atoms with Gasteiger partial charge in [0.15, 0.2) is 0 Å². The zero-order chi connectivity index (χ0) is 15.6. The minimum absolute atomic E-state index is 0.0958. The average molecular weight is 319 g/mol. The Labute approximate surface area is 125 Å². The van der Waals surface area contributed by atoms with E-state index in [2.05, 4.69) is 10.3 Å². The molecule has 0 atom stereocenters. The molecule has 0 bridgehead atoms. The number of halogens is 4. The predicted octanol–water partition coefficient (Wildman–Crippen LogP) is 4.74. The molecule has 0 aliphatic carbocycles. The first-order valence-corrected chi connectivity index (χ1v) is 6.74. The lowest BCUT2D eigenvalue weighted by molar-refractivity contribution is -0.140. The van der Waals surface area contributed by atoms with Crippen LogP contribution in [0.25, 0.3) is 10.9 Å². The Morgan fingerprint density at radius 2 is 2.05 bits per heavy atom. The van der Waals surface area contributed by atoms with Crippen molar-refractivity contribution in [3.63, 3.8) is 0 Å². The number of alkyl halides is 3. The molecule has 2 rings (SSSR count). The van der Waals surface area contributed by atoms with Gasteiger partial charge in [0.05, 0.1) is 12.1 Å². The maximum Gasteiger partial charge on any atom is 0.433 e. The van der Waals surface area contributed by atoms with Crippen molar-refractivity contribution in [1.29, 1.82) is 0 Å². The first-order valence-electron chi connectivity index (χ1n) is 6.36. The molecule has 0 radical (unpaired) electrons. The van der Waals surface area contributed by atoms with E-state index in [0.29, 0.717) is 22.6 Å². The number of benzene rings is 1. The summed E-state index contributed by atoms with van der Waals surface area (Å²) in [6, 6.07) is 4.06. The smallest absolute Gasteiger partial charge is 0.433 e. The number of anilines is 1. The molecule has 1 aromatic heterocycles. The fourth-order valence-electron chi connectivity index (χ4n) is 1.99. The van der Waals surface area contributed by atoms with Crippen molar-refractivity contribution < 1.29 is 17.9 Å². The van der Waals surface area contributed by atoms with Crippen LogP contribution in [0.4, 0.5) is 18.9 Å². The van der Waals surface area contributed by atoms with Gasteiger partial charge in [0, 0.05) is 17.6 Å². The summed E-state index contributed by atoms with van der Waals surface area (Å²) in [6.07, 6.45) is -3.77. The number of ether oxygens (including phenoxy) is 1. The Morgan fingerprint density at radius 3 is 2.62 bits per heavy atom. The van der Waals surface area contributed by atoms with E-state index in [-0.39, 0.29) is 11.3 Å². The van der Waals surface area contributed by atoms with Gasteiger partial charge in [-0.1, -0.05) is 18.5 Å². The molecule has 0 saturated carbocycles. The summed E-state index contributed by atoms with van der Waals surface area (Å²) in [5.74, 6) is 0.250. The van der Waals surface area contributed by atoms with Crippen molar-refractivity contribution in [2.45, 2.75) is 19.5 Å². The van der Waals surface area contributed by atoms with Crippen LogP contribution >= 0.6 is 11.6 Å². The third-order valence-electron chi connectivity index (χ3n) is 2.95. The third-order valence-corrected chi connectivity index (χ3v) is 3.26. The highest BCUT2D eigenvalue weighted by molar-refractivity contribution is 6.36. The van der Waals surface area contributed by atoms with E-state index in [1.807, 2.05) is 6.92 Å². The Morgan fingerprint density at radius 1 is 1.33 bits per heavy atom. The van der Waals surface area contributed by atoms with E-state index in [1.165, 1.54) is 13.2 Å². The highest BCUT2D eigenvalue weighted by Gasteiger charge is 2.34. The van der Waals surface area contributed by atoms with Crippen molar-refractivity contribution in [2.24, 2.45) is 0 Å². The highest BCUT2D eigenvalue weighted by atomic mass is 35.5. The summed E-state index contributed by atoms with van der Waals surface area (Å²) in [4.78, 5) is 3.67. The molecule has 114 valence electrons. The standard InChI is InChI=1S/C14H14ClF3N2O/c1-3-6-19-9-7-11(14(16,17)18)20-13-10(21-2)5-4-8(15)12(9)13/h4-5,7H,3,6H2,1-2H3,(H,19,20). The highest BCUT2D eigenvalue weighted by Crippen LogP contribution is 2.39. The van der Waals surface area contributed by atoms with Gasteiger partial charge in [0.2, 0.25) is 0 Å². The predicted molar refractivity (Wildman–Crippen MR) is 77.1 cm³/mol. The SMILES string of the molecule is CCCNc1cc(C(F)(F)F)nc2c(OC)ccc(Cl)c12. The van der Waals surface area contributed by atoms with Crippen LogP contribution in [-0.2, 0) is 6.18 Å². The first kappa shape index (κ1) is 15.7. The number of fused-ring (bicyclic) bond motifs is 1. The minimum atomic E-state index is -4.54. The van der Waals surface area contributed by atoms with Crippen LogP contribution in [0.2, 0.25) is 5.02 Å². The number of rotatable bonds is 4. The van der Waals surface area contributed by atoms with Crippen molar-refractivity contribution in [3.8, 4) is 5.75 Å². The molecule has 21 heavy (non-hydrogen) atoms. The molecule has 1 heterocycles. The monoisotopic (exact) mass is 318 g/mol. The third kappa shape index (κ3) is 3.15. The summed E-state index contributed by atoms with van der Waals surface area (Å²) in [5, 5.41) is 3.71. The van der Waals surface area contributed by atoms with E-state index in [1.54, 1.807) is 6.07 Å². The molecule has 0 amide bonds. The zero-order valence-electron chi connectivity index (χ0n) is 11.5. The first-order chi connectivity index (χ1) is 9.88. The molecule has 3 nitrogen and oxygen atoms in total. The number of hydrogen-bond donors (Lipinski definition) is 1. The fourth-order valence-corrected chi connectivity index (χ4v) is 2.24. The zero-order valence-corrected chi connectivity index (χ0v) is 12.3. The van der Waals surface area contributed by atoms with E-state index < -0.39 is 11.9 Å². The van der Waals surface area contributed by atoms with E-state index in [9.17, 15) is 13.2 Å². The van der Waals surface area contributed by atoms with Gasteiger partial charge in [-0.2, -0.15) is 13.2 Å². The van der Waals surface area contributed by atoms with Crippen LogP contribution in [-0.4, -0.2) is 18.6 Å². The minimum Gasteiger partial charge on any atom is -0.494 e. The second-order valence-electron chi connectivity index (χ2n) is 4.45. The molecule has 1 N–H and O–H groups in total. The molecule has 0 saturated heterocycles. The van der Waals surface area contributed by atoms with Gasteiger partial charge in [-0.05, 0) is 24.6 Å². The number of hydrogen-bond acceptors (Lipinski definition) is 3. The second kappa shape index (κ2) is 5.97. The van der Waals surface area contributed by atoms with Crippen LogP contribution in [0.15, 0.2) is 18.2 Å². The normalized spacial score (nSPS) is 11.7. The molecule has 0 aliphatic heterocycles. The topological polar surface area (TPSA) is 34.2 Å². The van der Waals surface area contributed by atoms with E-state index in [0.717, 1.165) is 12.5 Å². The lowest BCUT2D eigenvalue weighted by atomic mass is 10.1. The molecule has 0 unspecified atom stereocenters. The molecule has 1 aromatic carbocycles. The summed E-state index contributed by atoms with van der Waals surface area (Å²) >= 11 is 6.12. The lowest BCUT2D eigenvalue weighted by Crippen LogP contribution is -2.11. The number of aromatic nitrogens is 1. The van der Waals surface area contributed by atoms with Crippen molar-refractivity contribution in [3.05, 3.63) is 28.9 Å². The van der Waals surface area contributed by atoms with Gasteiger partial charge in [0.25, 0.3) is 0 Å². The van der Waals surface area contributed by atoms with Gasteiger partial charge < -0.3 is 10.1 Å². The molecule has 2 aromatic rings. The number of methoxy groups -OCH3 is 1. The van der Waals surface area contributed by atoms with Crippen molar-refractivity contribution in [1.82, 2.24) is 4.98 Å². The lowest BCUT2D eigenvalue weighted by Gasteiger charge is -2.15. The number of nitrogens with zero attached hydrogens (tertiary/aromatic N) is 1. The van der Waals surface area contributed by atoms with Crippen LogP contribution in [0.1, 0.15) is 19.0 Å². The molecule has 0 spiro atoms. The average Bonchev–Trinajstić information content (AvgIpc) is 2.43. The van der Waals surface area contributed by atoms with E-state index in [4.69, 9.17) is 16.3 Å². The second-order valence-corrected chi connectivity index (χ2v) is 4.86. The van der Waals surface area contributed by atoms with Crippen LogP contribution in [0.5, 0.6) is 5.75 Å². The summed E-state index contributed by atoms with van der Waals surface area (Å²) < 4.78 is 44.1. The molecule has 0 fully saturated rings. The molecular weight excluding hydrogens is 305 g/mol. The van der Waals surface area contributed by atoms with Gasteiger partial charge in [0.1, 0.15) is 17.0 Å². The van der Waals surface area contributed by atoms with Crippen molar-refractivity contribution in [2.75, 3.05) is 19.0 Å². The van der Waals surface area contributed by atoms with Gasteiger partial charge in [-0.25, -0.2) is 4.98 Å². The van der Waals surface area contributed by atoms with Gasteiger partial charge >= 0.3 is 6.18 Å². The quantitative estimate of drug-likeness (QED) is 0.884. The molecular formula is C14H14ClF3N2O. The molecule has 0 aliphatic rings. The van der Waals surface area contributed by atoms with Crippen LogP contribution in [0.3, 0.4) is 0 Å². The van der Waals surface area contributed by atoms with Gasteiger partial charge in [-0.15, -0.1) is 0 Å². The summed E-state index contributed by atoms with van der Waals surface area (Å²) in [6.45, 7) is 2.45. The largest absolute Gasteiger partial charge is 0.494 e. The Balaban J connectivity index is 2.77. The van der Waals surface area contributed by atoms with E-state index >= 15 is 0 Å². The number of nitrogens with one attached hydrogen (secondary N) is 1. The Kier molecular flexibility index (Phi) is 4.46. The fraction of sp³-hybridized carbons (Fsp3) is 0.357. The summed E-state index contributed by atoms with van der Waals surface area (Å²) in [7, 11) is 1.38. The maximum atomic E-state index is 13.0. The maximum absolute atomic E-state index is 13.0. The number of pyridine rings is 1. The van der Waals surface area contributed by atoms with Gasteiger partial charge in [-0.3, -0.25) is 0 Å². The Hall–Kier alpha value is -1.69. The van der Waals surface area contributed by atoms with Crippen LogP contribution < -0.4 is 10.1 Å². The summed E-state index contributed by atoms with van der Waals surface area (Å²) in [5.41, 5.74) is -0.578. The van der Waals surface area contributed by atoms with Crippen LogP contribution in [0, 0.1) is 0 Å². The van der Waals surface area contributed by atoms with Crippen molar-refractivity contribution >= 4 is 28.2 Å².